The normalized spacial score (nSPS) is 14.1. The third kappa shape index (κ3) is 68.6. The zero-order valence-electron chi connectivity index (χ0n) is 61.4. The Bertz CT molecular complexity index is 1840. The number of hydrogen-bond acceptors (Lipinski definition) is 15. The fraction of sp³-hybridized carbons (Fsp3) is 0.947. The molecule has 0 bridgehead atoms. The highest BCUT2D eigenvalue weighted by atomic mass is 31.2. The molecule has 17 nitrogen and oxygen atoms in total. The molecular weight excluding hydrogens is 1230 g/mol. The van der Waals surface area contributed by atoms with Crippen LogP contribution in [0.15, 0.2) is 0 Å². The number of phosphoric acid groups is 2. The van der Waals surface area contributed by atoms with Gasteiger partial charge in [0.15, 0.2) is 12.2 Å². The summed E-state index contributed by atoms with van der Waals surface area (Å²) in [5, 5.41) is 10.6. The van der Waals surface area contributed by atoms with E-state index in [2.05, 4.69) is 48.5 Å². The number of carbonyl (C=O) groups excluding carboxylic acids is 4. The molecule has 0 spiro atoms. The molecule has 0 radical (unpaired) electrons. The first-order valence-corrected chi connectivity index (χ1v) is 41.8. The summed E-state index contributed by atoms with van der Waals surface area (Å²) in [5.41, 5.74) is 0. The van der Waals surface area contributed by atoms with Crippen LogP contribution >= 0.6 is 15.6 Å². The van der Waals surface area contributed by atoms with Crippen molar-refractivity contribution in [2.24, 2.45) is 17.8 Å². The zero-order chi connectivity index (χ0) is 69.4. The average molecular weight is 1380 g/mol. The minimum atomic E-state index is -4.96. The van der Waals surface area contributed by atoms with E-state index >= 15 is 0 Å². The Labute approximate surface area is 575 Å². The van der Waals surface area contributed by atoms with Gasteiger partial charge in [-0.1, -0.05) is 331 Å². The van der Waals surface area contributed by atoms with Crippen molar-refractivity contribution in [1.82, 2.24) is 0 Å². The van der Waals surface area contributed by atoms with Crippen molar-refractivity contribution < 1.29 is 80.2 Å². The number of esters is 4. The topological polar surface area (TPSA) is 237 Å². The fourth-order valence-electron chi connectivity index (χ4n) is 11.4. The lowest BCUT2D eigenvalue weighted by Gasteiger charge is -2.21. The molecule has 19 heteroatoms. The van der Waals surface area contributed by atoms with E-state index in [1.165, 1.54) is 180 Å². The van der Waals surface area contributed by atoms with Crippen LogP contribution in [0.4, 0.5) is 0 Å². The van der Waals surface area contributed by atoms with E-state index in [0.717, 1.165) is 115 Å². The summed E-state index contributed by atoms with van der Waals surface area (Å²) in [6.07, 6.45) is 51.7. The Morgan fingerprint density at radius 2 is 0.489 bits per heavy atom. The summed E-state index contributed by atoms with van der Waals surface area (Å²) in [5.74, 6) is 0.181. The predicted molar refractivity (Wildman–Crippen MR) is 381 cm³/mol. The van der Waals surface area contributed by atoms with Gasteiger partial charge in [0, 0.05) is 25.7 Å². The van der Waals surface area contributed by atoms with Gasteiger partial charge in [-0.3, -0.25) is 37.3 Å². The van der Waals surface area contributed by atoms with Crippen LogP contribution in [-0.2, 0) is 65.4 Å². The van der Waals surface area contributed by atoms with Gasteiger partial charge < -0.3 is 33.8 Å². The number of aliphatic hydroxyl groups is 1. The highest BCUT2D eigenvalue weighted by molar-refractivity contribution is 7.47. The number of ether oxygens (including phenoxy) is 4. The Balaban J connectivity index is 5.16. The number of unbranched alkanes of at least 4 members (excludes halogenated alkanes) is 41. The molecule has 0 saturated carbocycles. The van der Waals surface area contributed by atoms with Crippen LogP contribution in [0.1, 0.15) is 382 Å². The van der Waals surface area contributed by atoms with Crippen LogP contribution in [0.3, 0.4) is 0 Å². The number of hydrogen-bond donors (Lipinski definition) is 3. The van der Waals surface area contributed by atoms with E-state index in [1.54, 1.807) is 0 Å². The Kier molecular flexibility index (Phi) is 64.3. The Morgan fingerprint density at radius 3 is 0.723 bits per heavy atom. The van der Waals surface area contributed by atoms with Gasteiger partial charge >= 0.3 is 39.5 Å². The standard InChI is InChI=1S/C75H146O17P2/c1-8-9-10-11-32-42-49-56-72(77)85-62-70(92-75(80)59-52-45-38-31-35-41-48-55-68(6)7)64-89-93(81,82)87-60-69(76)61-88-94(83,84)90-65-71(63-86-73(78)57-50-43-36-29-25-22-18-20-24-28-34-40-47-54-67(4)5)91-74(79)58-51-44-37-30-26-21-17-15-13-12-14-16-19-23-27-33-39-46-53-66(2)3/h66-71,76H,8-65H2,1-7H3,(H,81,82)(H,83,84)/t69-,70+,71+/m0/s1. The van der Waals surface area contributed by atoms with Crippen molar-refractivity contribution >= 4 is 39.5 Å². The third-order valence-electron chi connectivity index (χ3n) is 17.4. The average Bonchev–Trinajstić information content (AvgIpc) is 1.76. The zero-order valence-corrected chi connectivity index (χ0v) is 63.2. The molecule has 0 aromatic carbocycles. The second-order valence-electron chi connectivity index (χ2n) is 28.5. The molecular formula is C75H146O17P2. The maximum Gasteiger partial charge on any atom is 0.472 e. The van der Waals surface area contributed by atoms with Crippen LogP contribution in [-0.4, -0.2) is 96.7 Å². The molecule has 0 fully saturated rings. The third-order valence-corrected chi connectivity index (χ3v) is 19.3. The molecule has 0 saturated heterocycles. The van der Waals surface area contributed by atoms with E-state index in [4.69, 9.17) is 37.0 Å². The van der Waals surface area contributed by atoms with Crippen molar-refractivity contribution in [3.63, 3.8) is 0 Å². The van der Waals surface area contributed by atoms with Crippen molar-refractivity contribution in [3.05, 3.63) is 0 Å². The first kappa shape index (κ1) is 92.1. The smallest absolute Gasteiger partial charge is 0.462 e. The molecule has 5 atom stereocenters. The molecule has 0 aromatic heterocycles. The van der Waals surface area contributed by atoms with Gasteiger partial charge in [0.05, 0.1) is 26.4 Å². The minimum absolute atomic E-state index is 0.103. The maximum absolute atomic E-state index is 13.1. The number of rotatable bonds is 73. The Morgan fingerprint density at radius 1 is 0.287 bits per heavy atom. The summed E-state index contributed by atoms with van der Waals surface area (Å²) >= 11 is 0. The highest BCUT2D eigenvalue weighted by Crippen LogP contribution is 2.45. The van der Waals surface area contributed by atoms with Gasteiger partial charge in [0.1, 0.15) is 19.3 Å². The summed E-state index contributed by atoms with van der Waals surface area (Å²) < 4.78 is 68.3. The number of aliphatic hydroxyl groups excluding tert-OH is 1. The minimum Gasteiger partial charge on any atom is -0.462 e. The quantitative estimate of drug-likeness (QED) is 0.0222. The molecule has 558 valence electrons. The molecule has 0 heterocycles. The highest BCUT2D eigenvalue weighted by Gasteiger charge is 2.30. The van der Waals surface area contributed by atoms with Crippen molar-refractivity contribution in [3.8, 4) is 0 Å². The van der Waals surface area contributed by atoms with Crippen LogP contribution in [0.5, 0.6) is 0 Å². The maximum atomic E-state index is 13.1. The summed E-state index contributed by atoms with van der Waals surface area (Å²) in [6.45, 7) is 11.8. The van der Waals surface area contributed by atoms with Gasteiger partial charge in [-0.05, 0) is 43.4 Å². The summed E-state index contributed by atoms with van der Waals surface area (Å²) in [7, 11) is -9.90. The van der Waals surface area contributed by atoms with Crippen molar-refractivity contribution in [1.29, 1.82) is 0 Å². The largest absolute Gasteiger partial charge is 0.472 e. The molecule has 0 aliphatic carbocycles. The first-order chi connectivity index (χ1) is 45.2. The fourth-order valence-corrected chi connectivity index (χ4v) is 13.0. The molecule has 94 heavy (non-hydrogen) atoms. The molecule has 3 N–H and O–H groups in total. The van der Waals surface area contributed by atoms with Crippen molar-refractivity contribution in [2.45, 2.75) is 401 Å². The molecule has 0 aromatic rings. The lowest BCUT2D eigenvalue weighted by Crippen LogP contribution is -2.30. The van der Waals surface area contributed by atoms with Crippen LogP contribution < -0.4 is 0 Å². The van der Waals surface area contributed by atoms with Gasteiger partial charge in [0.25, 0.3) is 0 Å². The Hall–Kier alpha value is -1.94. The van der Waals surface area contributed by atoms with Crippen LogP contribution in [0.2, 0.25) is 0 Å². The van der Waals surface area contributed by atoms with E-state index in [1.807, 2.05) is 0 Å². The van der Waals surface area contributed by atoms with E-state index in [0.29, 0.717) is 31.6 Å². The molecule has 2 unspecified atom stereocenters. The summed E-state index contributed by atoms with van der Waals surface area (Å²) in [4.78, 5) is 72.6. The van der Waals surface area contributed by atoms with Crippen molar-refractivity contribution in [2.75, 3.05) is 39.6 Å². The van der Waals surface area contributed by atoms with Gasteiger partial charge in [-0.25, -0.2) is 9.13 Å². The molecule has 0 aliphatic rings. The second kappa shape index (κ2) is 65.7. The van der Waals surface area contributed by atoms with E-state index in [-0.39, 0.29) is 25.7 Å². The lowest BCUT2D eigenvalue weighted by atomic mass is 10.0. The first-order valence-electron chi connectivity index (χ1n) is 38.8. The monoisotopic (exact) mass is 1380 g/mol. The second-order valence-corrected chi connectivity index (χ2v) is 31.4. The number of carbonyl (C=O) groups is 4. The molecule has 0 rings (SSSR count). The van der Waals surface area contributed by atoms with Crippen LogP contribution in [0.25, 0.3) is 0 Å². The van der Waals surface area contributed by atoms with Gasteiger partial charge in [-0.15, -0.1) is 0 Å². The van der Waals surface area contributed by atoms with Gasteiger partial charge in [-0.2, -0.15) is 0 Å². The predicted octanol–water partition coefficient (Wildman–Crippen LogP) is 21.8. The molecule has 0 amide bonds. The van der Waals surface area contributed by atoms with E-state index < -0.39 is 97.5 Å². The lowest BCUT2D eigenvalue weighted by molar-refractivity contribution is -0.161. The van der Waals surface area contributed by atoms with E-state index in [9.17, 15) is 43.2 Å². The SMILES string of the molecule is CCCCCCCCCC(=O)OC[C@H](COP(=O)(O)OC[C@H](O)COP(=O)(O)OC[C@@H](COC(=O)CCCCCCCCCCCCCCCC(C)C)OC(=O)CCCCCCCCCCCCCCCCCCCCC(C)C)OC(=O)CCCCCCCCCC(C)C. The van der Waals surface area contributed by atoms with Crippen LogP contribution in [0, 0.1) is 17.8 Å². The molecule has 0 aliphatic heterocycles. The summed E-state index contributed by atoms with van der Waals surface area (Å²) in [6, 6.07) is 0. The van der Waals surface area contributed by atoms with Gasteiger partial charge in [0.2, 0.25) is 0 Å². The number of phosphoric ester groups is 2.